The van der Waals surface area contributed by atoms with Crippen LogP contribution in [0.15, 0.2) is 11.3 Å². The molecule has 1 aromatic heterocycles. The fourth-order valence-electron chi connectivity index (χ4n) is 0.862. The van der Waals surface area contributed by atoms with Crippen LogP contribution >= 0.6 is 0 Å². The average Bonchev–Trinajstić information content (AvgIpc) is 2.43. The van der Waals surface area contributed by atoms with Gasteiger partial charge in [0.15, 0.2) is 5.82 Å². The number of rotatable bonds is 3. The monoisotopic (exact) mass is 180 g/mol. The molecule has 0 unspecified atom stereocenters. The number of hydrogen-bond donors (Lipinski definition) is 4. The Morgan fingerprint density at radius 2 is 2.38 bits per heavy atom. The fraction of sp³-hybridized carbons (Fsp3) is 0. The summed E-state index contributed by atoms with van der Waals surface area (Å²) in [6, 6.07) is 0. The third-order valence-corrected chi connectivity index (χ3v) is 1.38. The Bertz CT molecular complexity index is 365. The number of aromatic amines is 1. The third kappa shape index (κ3) is 1.70. The first-order valence-electron chi connectivity index (χ1n) is 3.33. The first-order valence-corrected chi connectivity index (χ1v) is 3.33. The highest BCUT2D eigenvalue weighted by atomic mass is 16.1. The first kappa shape index (κ1) is 8.91. The molecule has 6 N–H and O–H groups in total. The summed E-state index contributed by atoms with van der Waals surface area (Å²) in [5.74, 6) is -0.631. The number of hydrogen-bond acceptors (Lipinski definition) is 5. The zero-order chi connectivity index (χ0) is 9.84. The molecule has 0 bridgehead atoms. The van der Waals surface area contributed by atoms with Crippen LogP contribution in [0.4, 0.5) is 5.82 Å². The van der Waals surface area contributed by atoms with Gasteiger partial charge in [0, 0.05) is 0 Å². The van der Waals surface area contributed by atoms with E-state index in [1.807, 2.05) is 0 Å². The average molecular weight is 180 g/mol. The van der Waals surface area contributed by atoms with Gasteiger partial charge in [-0.1, -0.05) is 0 Å². The molecule has 7 nitrogen and oxygen atoms in total. The van der Waals surface area contributed by atoms with Gasteiger partial charge >= 0.3 is 0 Å². The number of anilines is 1. The third-order valence-electron chi connectivity index (χ3n) is 1.38. The molecule has 0 saturated carbocycles. The quantitative estimate of drug-likeness (QED) is 0.491. The van der Waals surface area contributed by atoms with Gasteiger partial charge in [0.1, 0.15) is 5.56 Å². The second kappa shape index (κ2) is 3.48. The minimum absolute atomic E-state index is 0.0390. The van der Waals surface area contributed by atoms with Crippen LogP contribution < -0.4 is 11.5 Å². The zero-order valence-electron chi connectivity index (χ0n) is 6.61. The van der Waals surface area contributed by atoms with Gasteiger partial charge in [0.2, 0.25) is 0 Å². The summed E-state index contributed by atoms with van der Waals surface area (Å²) in [7, 11) is 0. The molecular weight excluding hydrogens is 172 g/mol. The molecule has 0 aliphatic rings. The van der Waals surface area contributed by atoms with E-state index in [9.17, 15) is 4.79 Å². The lowest BCUT2D eigenvalue weighted by atomic mass is 10.2. The van der Waals surface area contributed by atoms with Crippen molar-refractivity contribution in [3.8, 4) is 0 Å². The second-order valence-electron chi connectivity index (χ2n) is 2.21. The van der Waals surface area contributed by atoms with Crippen LogP contribution in [-0.2, 0) is 0 Å². The van der Waals surface area contributed by atoms with E-state index in [-0.39, 0.29) is 11.4 Å². The molecule has 0 fully saturated rings. The number of nitrogen functional groups attached to an aromatic ring is 1. The zero-order valence-corrected chi connectivity index (χ0v) is 6.61. The molecule has 1 rings (SSSR count). The summed E-state index contributed by atoms with van der Waals surface area (Å²) in [5.41, 5.74) is 17.4. The number of aromatic nitrogens is 2. The first-order chi connectivity index (χ1) is 6.16. The van der Waals surface area contributed by atoms with Crippen LogP contribution in [0.2, 0.25) is 0 Å². The largest absolute Gasteiger partial charge is 0.382 e. The van der Waals surface area contributed by atoms with Gasteiger partial charge in [0.05, 0.1) is 11.9 Å². The lowest BCUT2D eigenvalue weighted by Crippen LogP contribution is -2.13. The second-order valence-corrected chi connectivity index (χ2v) is 2.21. The van der Waals surface area contributed by atoms with Crippen molar-refractivity contribution < 1.29 is 4.79 Å². The van der Waals surface area contributed by atoms with E-state index in [2.05, 4.69) is 15.3 Å². The van der Waals surface area contributed by atoms with E-state index in [1.165, 1.54) is 12.3 Å². The van der Waals surface area contributed by atoms with Crippen molar-refractivity contribution in [1.29, 1.82) is 5.53 Å². The highest BCUT2D eigenvalue weighted by Gasteiger charge is 2.13. The van der Waals surface area contributed by atoms with E-state index in [4.69, 9.17) is 17.0 Å². The minimum atomic E-state index is -0.670. The van der Waals surface area contributed by atoms with Crippen molar-refractivity contribution in [3.05, 3.63) is 17.5 Å². The van der Waals surface area contributed by atoms with Gasteiger partial charge in [-0.15, -0.1) is 0 Å². The molecule has 68 valence electrons. The van der Waals surface area contributed by atoms with Crippen LogP contribution in [0.1, 0.15) is 16.1 Å². The summed E-state index contributed by atoms with van der Waals surface area (Å²) in [6.45, 7) is 0. The van der Waals surface area contributed by atoms with Crippen molar-refractivity contribution in [2.75, 3.05) is 5.73 Å². The minimum Gasteiger partial charge on any atom is -0.382 e. The molecule has 0 aromatic carbocycles. The summed E-state index contributed by atoms with van der Waals surface area (Å²) < 4.78 is 0. The van der Waals surface area contributed by atoms with Crippen molar-refractivity contribution in [2.24, 2.45) is 10.8 Å². The Balaban J connectivity index is 3.14. The normalized spacial score (nSPS) is 10.5. The lowest BCUT2D eigenvalue weighted by molar-refractivity contribution is 0.100. The predicted octanol–water partition coefficient (Wildman–Crippen LogP) is 0.0925. The van der Waals surface area contributed by atoms with Gasteiger partial charge in [-0.3, -0.25) is 9.89 Å². The molecule has 7 heteroatoms. The number of carbonyl (C=O) groups excluding carboxylic acids is 1. The predicted molar refractivity (Wildman–Crippen MR) is 45.7 cm³/mol. The number of nitrogens with one attached hydrogen (secondary N) is 2. The Morgan fingerprint density at radius 3 is 2.92 bits per heavy atom. The van der Waals surface area contributed by atoms with Crippen LogP contribution in [-0.4, -0.2) is 16.1 Å². The van der Waals surface area contributed by atoms with E-state index in [0.717, 1.165) is 0 Å². The number of primary amides is 1. The summed E-state index contributed by atoms with van der Waals surface area (Å²) in [6.07, 6.45) is 2.57. The standard InChI is InChI=1S/C6H8N6O/c7-5-4(6(8)13)3(11-12-5)1-2-10-9/h1-2,9H,(H2,8,13)(H3,7,11,12)/b2-1-,10-9?. The molecule has 13 heavy (non-hydrogen) atoms. The van der Waals surface area contributed by atoms with Gasteiger partial charge in [-0.2, -0.15) is 10.2 Å². The Kier molecular flexibility index (Phi) is 2.38. The molecule has 0 spiro atoms. The van der Waals surface area contributed by atoms with E-state index in [0.29, 0.717) is 5.69 Å². The molecular formula is C6H8N6O. The number of nitrogens with zero attached hydrogens (tertiary/aromatic N) is 2. The van der Waals surface area contributed by atoms with Crippen molar-refractivity contribution >= 4 is 17.8 Å². The van der Waals surface area contributed by atoms with E-state index >= 15 is 0 Å². The highest BCUT2D eigenvalue weighted by molar-refractivity contribution is 6.00. The molecule has 0 saturated heterocycles. The van der Waals surface area contributed by atoms with Crippen molar-refractivity contribution in [1.82, 2.24) is 10.2 Å². The smallest absolute Gasteiger partial charge is 0.254 e. The summed E-state index contributed by atoms with van der Waals surface area (Å²) >= 11 is 0. The van der Waals surface area contributed by atoms with Gasteiger partial charge < -0.3 is 11.5 Å². The van der Waals surface area contributed by atoms with Crippen molar-refractivity contribution in [2.45, 2.75) is 0 Å². The fourth-order valence-corrected chi connectivity index (χ4v) is 0.862. The Labute approximate surface area is 73.3 Å². The topological polar surface area (TPSA) is 134 Å². The maximum Gasteiger partial charge on any atom is 0.254 e. The van der Waals surface area contributed by atoms with Gasteiger partial charge in [-0.25, -0.2) is 5.53 Å². The van der Waals surface area contributed by atoms with Crippen LogP contribution in [0.3, 0.4) is 0 Å². The maximum absolute atomic E-state index is 10.8. The highest BCUT2D eigenvalue weighted by Crippen LogP contribution is 2.13. The molecule has 0 atom stereocenters. The van der Waals surface area contributed by atoms with E-state index < -0.39 is 5.91 Å². The maximum atomic E-state index is 10.8. The molecule has 0 radical (unpaired) electrons. The van der Waals surface area contributed by atoms with Crippen LogP contribution in [0, 0.1) is 5.53 Å². The van der Waals surface area contributed by atoms with E-state index in [1.54, 1.807) is 0 Å². The number of amides is 1. The van der Waals surface area contributed by atoms with Crippen LogP contribution in [0.25, 0.3) is 6.08 Å². The molecule has 1 amide bonds. The molecule has 0 aliphatic heterocycles. The van der Waals surface area contributed by atoms with Crippen LogP contribution in [0.5, 0.6) is 0 Å². The summed E-state index contributed by atoms with van der Waals surface area (Å²) in [4.78, 5) is 10.8. The van der Waals surface area contributed by atoms with Gasteiger partial charge in [0.25, 0.3) is 5.91 Å². The molecule has 1 heterocycles. The Morgan fingerprint density at radius 1 is 1.69 bits per heavy atom. The number of H-pyrrole nitrogens is 1. The van der Waals surface area contributed by atoms with Gasteiger partial charge in [-0.05, 0) is 6.08 Å². The number of carbonyl (C=O) groups is 1. The molecule has 0 aliphatic carbocycles. The lowest BCUT2D eigenvalue weighted by Gasteiger charge is -1.92. The summed E-state index contributed by atoms with van der Waals surface area (Å²) in [5, 5.41) is 9.04. The van der Waals surface area contributed by atoms with Crippen molar-refractivity contribution in [3.63, 3.8) is 0 Å². The SMILES string of the molecule is N=N/C=C\c1[nH]nc(N)c1C(N)=O. The Hall–Kier alpha value is -2.18. The number of nitrogens with two attached hydrogens (primary N) is 2. The molecule has 1 aromatic rings.